The molecule has 0 amide bonds. The van der Waals surface area contributed by atoms with Crippen LogP contribution < -0.4 is 10.6 Å². The Balaban J connectivity index is 1.78. The maximum Gasteiger partial charge on any atom is 0.224 e. The second kappa shape index (κ2) is 5.24. The average Bonchev–Trinajstić information content (AvgIpc) is 2.88. The van der Waals surface area contributed by atoms with Gasteiger partial charge in [-0.2, -0.15) is 15.1 Å². The zero-order valence-corrected chi connectivity index (χ0v) is 12.0. The molecule has 3 N–H and O–H groups in total. The van der Waals surface area contributed by atoms with Crippen molar-refractivity contribution in [1.82, 2.24) is 25.1 Å². The number of rotatable bonds is 3. The van der Waals surface area contributed by atoms with Gasteiger partial charge in [-0.15, -0.1) is 0 Å². The standard InChI is InChI=1S/C13H21N7/c1-19-5-3-9(4-6-19)8-20(2)12-10-7-15-18-11(10)16-13(14)17-12/h7,9H,3-6,8H2,1-2H3,(H3,14,15,16,17,18). The molecule has 20 heavy (non-hydrogen) atoms. The summed E-state index contributed by atoms with van der Waals surface area (Å²) in [6.07, 6.45) is 4.22. The van der Waals surface area contributed by atoms with Crippen molar-refractivity contribution in [3.05, 3.63) is 6.20 Å². The van der Waals surface area contributed by atoms with Gasteiger partial charge in [0.2, 0.25) is 5.95 Å². The molecule has 1 fully saturated rings. The number of hydrogen-bond acceptors (Lipinski definition) is 6. The fourth-order valence-corrected chi connectivity index (χ4v) is 2.85. The van der Waals surface area contributed by atoms with Crippen LogP contribution in [0, 0.1) is 5.92 Å². The first kappa shape index (κ1) is 13.1. The van der Waals surface area contributed by atoms with Crippen LogP contribution in [0.5, 0.6) is 0 Å². The highest BCUT2D eigenvalue weighted by molar-refractivity contribution is 5.87. The van der Waals surface area contributed by atoms with Gasteiger partial charge in [0.1, 0.15) is 5.82 Å². The van der Waals surface area contributed by atoms with Crippen LogP contribution in [0.25, 0.3) is 11.0 Å². The van der Waals surface area contributed by atoms with Crippen LogP contribution >= 0.6 is 0 Å². The summed E-state index contributed by atoms with van der Waals surface area (Å²) in [5.41, 5.74) is 6.47. The summed E-state index contributed by atoms with van der Waals surface area (Å²) in [5.74, 6) is 1.85. The summed E-state index contributed by atoms with van der Waals surface area (Å²) in [7, 11) is 4.24. The van der Waals surface area contributed by atoms with Gasteiger partial charge in [-0.1, -0.05) is 0 Å². The number of nitrogens with one attached hydrogen (secondary N) is 1. The highest BCUT2D eigenvalue weighted by Gasteiger charge is 2.20. The van der Waals surface area contributed by atoms with Crippen molar-refractivity contribution in [2.45, 2.75) is 12.8 Å². The van der Waals surface area contributed by atoms with Gasteiger partial charge in [-0.25, -0.2) is 0 Å². The molecular formula is C13H21N7. The minimum Gasteiger partial charge on any atom is -0.368 e. The number of nitrogen functional groups attached to an aromatic ring is 1. The van der Waals surface area contributed by atoms with E-state index in [2.05, 4.69) is 44.1 Å². The minimum absolute atomic E-state index is 0.284. The number of aromatic nitrogens is 4. The van der Waals surface area contributed by atoms with Gasteiger partial charge in [0.25, 0.3) is 0 Å². The average molecular weight is 275 g/mol. The Morgan fingerprint density at radius 1 is 1.40 bits per heavy atom. The molecule has 108 valence electrons. The van der Waals surface area contributed by atoms with Crippen LogP contribution in [0.2, 0.25) is 0 Å². The van der Waals surface area contributed by atoms with E-state index in [-0.39, 0.29) is 5.95 Å². The highest BCUT2D eigenvalue weighted by Crippen LogP contribution is 2.25. The van der Waals surface area contributed by atoms with Gasteiger partial charge in [0.05, 0.1) is 11.6 Å². The molecule has 3 rings (SSSR count). The maximum absolute atomic E-state index is 5.77. The van der Waals surface area contributed by atoms with E-state index < -0.39 is 0 Å². The lowest BCUT2D eigenvalue weighted by molar-refractivity contribution is 0.222. The molecule has 1 aliphatic heterocycles. The zero-order valence-electron chi connectivity index (χ0n) is 12.0. The molecule has 7 heteroatoms. The number of likely N-dealkylation sites (tertiary alicyclic amines) is 1. The van der Waals surface area contributed by atoms with Crippen molar-refractivity contribution >= 4 is 22.8 Å². The summed E-state index contributed by atoms with van der Waals surface area (Å²) in [4.78, 5) is 13.1. The quantitative estimate of drug-likeness (QED) is 0.858. The topological polar surface area (TPSA) is 87.0 Å². The first-order valence-corrected chi connectivity index (χ1v) is 7.00. The third kappa shape index (κ3) is 2.53. The Labute approximate surface area is 118 Å². The van der Waals surface area contributed by atoms with E-state index in [0.29, 0.717) is 11.6 Å². The first-order chi connectivity index (χ1) is 9.63. The van der Waals surface area contributed by atoms with E-state index in [0.717, 1.165) is 17.7 Å². The predicted molar refractivity (Wildman–Crippen MR) is 79.6 cm³/mol. The van der Waals surface area contributed by atoms with E-state index >= 15 is 0 Å². The lowest BCUT2D eigenvalue weighted by Gasteiger charge is -2.32. The van der Waals surface area contributed by atoms with E-state index in [9.17, 15) is 0 Å². The van der Waals surface area contributed by atoms with Gasteiger partial charge < -0.3 is 15.5 Å². The highest BCUT2D eigenvalue weighted by atomic mass is 15.2. The number of aromatic amines is 1. The molecule has 0 spiro atoms. The fraction of sp³-hybridized carbons (Fsp3) is 0.615. The number of H-pyrrole nitrogens is 1. The molecule has 0 radical (unpaired) electrons. The Morgan fingerprint density at radius 2 is 2.15 bits per heavy atom. The molecule has 3 heterocycles. The van der Waals surface area contributed by atoms with Crippen molar-refractivity contribution in [1.29, 1.82) is 0 Å². The van der Waals surface area contributed by atoms with E-state index in [1.54, 1.807) is 6.20 Å². The Morgan fingerprint density at radius 3 is 2.90 bits per heavy atom. The zero-order chi connectivity index (χ0) is 14.1. The first-order valence-electron chi connectivity index (χ1n) is 7.00. The van der Waals surface area contributed by atoms with Crippen LogP contribution in [-0.2, 0) is 0 Å². The predicted octanol–water partition coefficient (Wildman–Crippen LogP) is 0.713. The maximum atomic E-state index is 5.77. The van der Waals surface area contributed by atoms with Crippen molar-refractivity contribution in [2.75, 3.05) is 44.4 Å². The van der Waals surface area contributed by atoms with Gasteiger partial charge >= 0.3 is 0 Å². The second-order valence-electron chi connectivity index (χ2n) is 5.66. The molecule has 1 saturated heterocycles. The minimum atomic E-state index is 0.284. The third-order valence-electron chi connectivity index (χ3n) is 4.04. The van der Waals surface area contributed by atoms with Gasteiger partial charge in [-0.3, -0.25) is 5.10 Å². The number of nitrogens with zero attached hydrogens (tertiary/aromatic N) is 5. The van der Waals surface area contributed by atoms with E-state index in [1.165, 1.54) is 25.9 Å². The second-order valence-corrected chi connectivity index (χ2v) is 5.66. The molecule has 0 unspecified atom stereocenters. The lowest BCUT2D eigenvalue weighted by Crippen LogP contribution is -2.36. The summed E-state index contributed by atoms with van der Waals surface area (Å²) in [6.45, 7) is 3.33. The molecule has 0 aromatic carbocycles. The van der Waals surface area contributed by atoms with Crippen LogP contribution in [0.1, 0.15) is 12.8 Å². The Kier molecular flexibility index (Phi) is 3.43. The molecule has 2 aromatic heterocycles. The number of hydrogen-bond donors (Lipinski definition) is 2. The molecule has 0 atom stereocenters. The SMILES string of the molecule is CN1CCC(CN(C)c2nc(N)nc3[nH]ncc23)CC1. The van der Waals surface area contributed by atoms with Crippen molar-refractivity contribution in [3.63, 3.8) is 0 Å². The smallest absolute Gasteiger partial charge is 0.224 e. The van der Waals surface area contributed by atoms with Crippen LogP contribution in [-0.4, -0.2) is 58.8 Å². The molecule has 0 bridgehead atoms. The largest absolute Gasteiger partial charge is 0.368 e. The van der Waals surface area contributed by atoms with Gasteiger partial charge in [0, 0.05) is 13.6 Å². The molecule has 2 aromatic rings. The van der Waals surface area contributed by atoms with Crippen molar-refractivity contribution in [2.24, 2.45) is 5.92 Å². The lowest BCUT2D eigenvalue weighted by atomic mass is 9.96. The summed E-state index contributed by atoms with van der Waals surface area (Å²) in [6, 6.07) is 0. The van der Waals surface area contributed by atoms with Crippen LogP contribution in [0.15, 0.2) is 6.20 Å². The number of fused-ring (bicyclic) bond motifs is 1. The Hall–Kier alpha value is -1.89. The Bertz CT molecular complexity index is 585. The summed E-state index contributed by atoms with van der Waals surface area (Å²) in [5, 5.41) is 7.80. The van der Waals surface area contributed by atoms with Gasteiger partial charge in [0.15, 0.2) is 5.65 Å². The van der Waals surface area contributed by atoms with Crippen molar-refractivity contribution < 1.29 is 0 Å². The molecule has 1 aliphatic rings. The monoisotopic (exact) mass is 275 g/mol. The van der Waals surface area contributed by atoms with E-state index in [1.807, 2.05) is 0 Å². The van der Waals surface area contributed by atoms with Crippen LogP contribution in [0.4, 0.5) is 11.8 Å². The van der Waals surface area contributed by atoms with Gasteiger partial charge in [-0.05, 0) is 38.9 Å². The third-order valence-corrected chi connectivity index (χ3v) is 4.04. The number of anilines is 2. The molecule has 0 aliphatic carbocycles. The van der Waals surface area contributed by atoms with E-state index in [4.69, 9.17) is 5.73 Å². The normalized spacial score (nSPS) is 17.7. The number of piperidine rings is 1. The van der Waals surface area contributed by atoms with Crippen LogP contribution in [0.3, 0.4) is 0 Å². The summed E-state index contributed by atoms with van der Waals surface area (Å²) < 4.78 is 0. The summed E-state index contributed by atoms with van der Waals surface area (Å²) >= 11 is 0. The molecular weight excluding hydrogens is 254 g/mol. The molecule has 7 nitrogen and oxygen atoms in total. The number of nitrogens with two attached hydrogens (primary N) is 1. The fourth-order valence-electron chi connectivity index (χ4n) is 2.85. The van der Waals surface area contributed by atoms with Crippen molar-refractivity contribution in [3.8, 4) is 0 Å². The molecule has 0 saturated carbocycles.